The number of rotatable bonds is 6. The molecule has 1 saturated heterocycles. The molecule has 2 aromatic rings. The first-order valence-electron chi connectivity index (χ1n) is 9.29. The topological polar surface area (TPSA) is 85.2 Å². The minimum Gasteiger partial charge on any atom is -0.333 e. The van der Waals surface area contributed by atoms with Crippen LogP contribution in [0.3, 0.4) is 0 Å². The monoisotopic (exact) mass is 390 g/mol. The van der Waals surface area contributed by atoms with Crippen molar-refractivity contribution in [3.05, 3.63) is 47.5 Å². The molecule has 1 aliphatic rings. The summed E-state index contributed by atoms with van der Waals surface area (Å²) in [5, 5.41) is 4.59. The molecule has 8 heteroatoms. The van der Waals surface area contributed by atoms with E-state index in [1.807, 2.05) is 39.0 Å². The second kappa shape index (κ2) is 7.80. The Morgan fingerprint density at radius 1 is 1.37 bits per heavy atom. The third-order valence-electron chi connectivity index (χ3n) is 4.87. The second-order valence-electron chi connectivity index (χ2n) is 7.26. The van der Waals surface area contributed by atoms with Gasteiger partial charge in [0, 0.05) is 18.9 Å². The van der Waals surface area contributed by atoms with Gasteiger partial charge < -0.3 is 4.90 Å². The van der Waals surface area contributed by atoms with Gasteiger partial charge in [0.2, 0.25) is 0 Å². The van der Waals surface area contributed by atoms with Crippen molar-refractivity contribution in [3.8, 4) is 0 Å². The Bertz CT molecular complexity index is 906. The van der Waals surface area contributed by atoms with E-state index < -0.39 is 9.84 Å². The standard InChI is InChI=1S/C19H26N4O3S/c1-4-22(11-15-7-5-6-9-20-15)19(24)17-12-23(21-18(17)14(2)3)16-8-10-27(25,26)13-16/h5-7,9,12,14,16H,4,8,10-11,13H2,1-3H3. The predicted molar refractivity (Wildman–Crippen MR) is 103 cm³/mol. The highest BCUT2D eigenvalue weighted by Crippen LogP contribution is 2.27. The average Bonchev–Trinajstić information content (AvgIpc) is 3.23. The summed E-state index contributed by atoms with van der Waals surface area (Å²) in [5.74, 6) is 0.236. The van der Waals surface area contributed by atoms with E-state index in [1.165, 1.54) is 0 Å². The molecule has 0 aromatic carbocycles. The van der Waals surface area contributed by atoms with Gasteiger partial charge in [-0.25, -0.2) is 8.42 Å². The molecule has 1 atom stereocenters. The molecule has 0 aliphatic carbocycles. The fraction of sp³-hybridized carbons (Fsp3) is 0.526. The van der Waals surface area contributed by atoms with E-state index in [0.29, 0.717) is 30.8 Å². The first-order valence-corrected chi connectivity index (χ1v) is 11.1. The van der Waals surface area contributed by atoms with E-state index in [2.05, 4.69) is 10.1 Å². The van der Waals surface area contributed by atoms with Gasteiger partial charge in [-0.2, -0.15) is 5.10 Å². The Labute approximate surface area is 160 Å². The molecule has 0 N–H and O–H groups in total. The van der Waals surface area contributed by atoms with Crippen molar-refractivity contribution in [2.75, 3.05) is 18.1 Å². The van der Waals surface area contributed by atoms with Crippen LogP contribution in [0, 0.1) is 0 Å². The molecule has 2 aromatic heterocycles. The first kappa shape index (κ1) is 19.5. The van der Waals surface area contributed by atoms with Crippen LogP contribution in [0.25, 0.3) is 0 Å². The quantitative estimate of drug-likeness (QED) is 0.756. The summed E-state index contributed by atoms with van der Waals surface area (Å²) in [6.45, 7) is 6.89. The molecule has 0 radical (unpaired) electrons. The number of carbonyl (C=O) groups excluding carboxylic acids is 1. The molecule has 27 heavy (non-hydrogen) atoms. The van der Waals surface area contributed by atoms with Crippen LogP contribution in [0.4, 0.5) is 0 Å². The Kier molecular flexibility index (Phi) is 5.64. The van der Waals surface area contributed by atoms with Crippen molar-refractivity contribution in [3.63, 3.8) is 0 Å². The summed E-state index contributed by atoms with van der Waals surface area (Å²) in [6, 6.07) is 5.45. The SMILES string of the molecule is CCN(Cc1ccccn1)C(=O)c1cn(C2CCS(=O)(=O)C2)nc1C(C)C. The number of hydrogen-bond donors (Lipinski definition) is 0. The maximum Gasteiger partial charge on any atom is 0.257 e. The molecule has 1 fully saturated rings. The number of carbonyl (C=O) groups is 1. The van der Waals surface area contributed by atoms with Gasteiger partial charge in [-0.05, 0) is 31.4 Å². The third kappa shape index (κ3) is 4.37. The zero-order chi connectivity index (χ0) is 19.6. The minimum absolute atomic E-state index is 0.0665. The summed E-state index contributed by atoms with van der Waals surface area (Å²) in [6.07, 6.45) is 3.98. The van der Waals surface area contributed by atoms with Crippen molar-refractivity contribution in [1.29, 1.82) is 0 Å². The van der Waals surface area contributed by atoms with Gasteiger partial charge in [0.05, 0.1) is 41.0 Å². The van der Waals surface area contributed by atoms with E-state index in [1.54, 1.807) is 22.0 Å². The van der Waals surface area contributed by atoms with Crippen LogP contribution in [0.1, 0.15) is 60.9 Å². The highest BCUT2D eigenvalue weighted by atomic mass is 32.2. The molecule has 146 valence electrons. The van der Waals surface area contributed by atoms with Gasteiger partial charge >= 0.3 is 0 Å². The molecule has 0 spiro atoms. The molecule has 3 heterocycles. The summed E-state index contributed by atoms with van der Waals surface area (Å²) >= 11 is 0. The van der Waals surface area contributed by atoms with Crippen LogP contribution < -0.4 is 0 Å². The van der Waals surface area contributed by atoms with Crippen LogP contribution in [0.15, 0.2) is 30.6 Å². The highest BCUT2D eigenvalue weighted by molar-refractivity contribution is 7.91. The normalized spacial score (nSPS) is 18.7. The fourth-order valence-electron chi connectivity index (χ4n) is 3.35. The van der Waals surface area contributed by atoms with Crippen LogP contribution in [-0.2, 0) is 16.4 Å². The van der Waals surface area contributed by atoms with Crippen molar-refractivity contribution in [2.45, 2.75) is 45.7 Å². The molecular weight excluding hydrogens is 364 g/mol. The van der Waals surface area contributed by atoms with Crippen molar-refractivity contribution in [1.82, 2.24) is 19.7 Å². The summed E-state index contributed by atoms with van der Waals surface area (Å²) in [4.78, 5) is 19.2. The zero-order valence-corrected chi connectivity index (χ0v) is 16.8. The van der Waals surface area contributed by atoms with Gasteiger partial charge in [0.15, 0.2) is 9.84 Å². The van der Waals surface area contributed by atoms with E-state index in [-0.39, 0.29) is 29.4 Å². The molecule has 0 saturated carbocycles. The van der Waals surface area contributed by atoms with Gasteiger partial charge in [-0.1, -0.05) is 19.9 Å². The first-order chi connectivity index (χ1) is 12.8. The number of amides is 1. The number of pyridine rings is 1. The lowest BCUT2D eigenvalue weighted by atomic mass is 10.1. The van der Waals surface area contributed by atoms with Crippen molar-refractivity contribution < 1.29 is 13.2 Å². The van der Waals surface area contributed by atoms with Crippen LogP contribution in [-0.4, -0.2) is 52.0 Å². The summed E-state index contributed by atoms with van der Waals surface area (Å²) in [7, 11) is -3.01. The van der Waals surface area contributed by atoms with E-state index in [4.69, 9.17) is 0 Å². The number of hydrogen-bond acceptors (Lipinski definition) is 5. The molecule has 3 rings (SSSR count). The van der Waals surface area contributed by atoms with Crippen LogP contribution in [0.2, 0.25) is 0 Å². The van der Waals surface area contributed by atoms with Gasteiger partial charge in [0.25, 0.3) is 5.91 Å². The Balaban J connectivity index is 1.88. The predicted octanol–water partition coefficient (Wildman–Crippen LogP) is 2.42. The highest BCUT2D eigenvalue weighted by Gasteiger charge is 2.32. The van der Waals surface area contributed by atoms with Crippen LogP contribution in [0.5, 0.6) is 0 Å². The van der Waals surface area contributed by atoms with E-state index in [9.17, 15) is 13.2 Å². The minimum atomic E-state index is -3.01. The summed E-state index contributed by atoms with van der Waals surface area (Å²) in [5.41, 5.74) is 2.09. The largest absolute Gasteiger partial charge is 0.333 e. The molecule has 1 aliphatic heterocycles. The number of nitrogens with zero attached hydrogens (tertiary/aromatic N) is 4. The lowest BCUT2D eigenvalue weighted by Crippen LogP contribution is -2.31. The Morgan fingerprint density at radius 2 is 2.15 bits per heavy atom. The second-order valence-corrected chi connectivity index (χ2v) is 9.49. The lowest BCUT2D eigenvalue weighted by Gasteiger charge is -2.20. The molecule has 0 bridgehead atoms. The van der Waals surface area contributed by atoms with Crippen LogP contribution >= 0.6 is 0 Å². The molecular formula is C19H26N4O3S. The summed E-state index contributed by atoms with van der Waals surface area (Å²) < 4.78 is 25.3. The molecule has 1 amide bonds. The average molecular weight is 391 g/mol. The van der Waals surface area contributed by atoms with Gasteiger partial charge in [-0.3, -0.25) is 14.5 Å². The van der Waals surface area contributed by atoms with E-state index >= 15 is 0 Å². The smallest absolute Gasteiger partial charge is 0.257 e. The Morgan fingerprint density at radius 3 is 2.70 bits per heavy atom. The van der Waals surface area contributed by atoms with Gasteiger partial charge in [0.1, 0.15) is 0 Å². The van der Waals surface area contributed by atoms with Crippen molar-refractivity contribution >= 4 is 15.7 Å². The lowest BCUT2D eigenvalue weighted by molar-refractivity contribution is 0.0749. The van der Waals surface area contributed by atoms with Crippen molar-refractivity contribution in [2.24, 2.45) is 0 Å². The van der Waals surface area contributed by atoms with Gasteiger partial charge in [-0.15, -0.1) is 0 Å². The molecule has 1 unspecified atom stereocenters. The maximum absolute atomic E-state index is 13.2. The molecule has 7 nitrogen and oxygen atoms in total. The Hall–Kier alpha value is -2.22. The van der Waals surface area contributed by atoms with E-state index in [0.717, 1.165) is 5.69 Å². The maximum atomic E-state index is 13.2. The number of sulfone groups is 1. The third-order valence-corrected chi connectivity index (χ3v) is 6.62. The number of aromatic nitrogens is 3. The fourth-order valence-corrected chi connectivity index (χ4v) is 5.06. The zero-order valence-electron chi connectivity index (χ0n) is 16.0.